The summed E-state index contributed by atoms with van der Waals surface area (Å²) in [6.07, 6.45) is 1.48. The van der Waals surface area contributed by atoms with E-state index in [9.17, 15) is 4.79 Å². The molecule has 0 bridgehead atoms. The summed E-state index contributed by atoms with van der Waals surface area (Å²) in [6.45, 7) is 4.84. The number of H-pyrrole nitrogens is 1. The van der Waals surface area contributed by atoms with Crippen LogP contribution in [-0.2, 0) is 6.54 Å². The highest BCUT2D eigenvalue weighted by Crippen LogP contribution is 2.10. The van der Waals surface area contributed by atoms with Gasteiger partial charge in [0.25, 0.3) is 0 Å². The number of nitrogens with zero attached hydrogens (tertiary/aromatic N) is 3. The SMILES string of the molecule is CC(C)Cn1c(N)nc(=O)c2nc[nH]c21. The van der Waals surface area contributed by atoms with Gasteiger partial charge < -0.3 is 10.7 Å². The third-order valence-corrected chi connectivity index (χ3v) is 2.13. The summed E-state index contributed by atoms with van der Waals surface area (Å²) in [6, 6.07) is 0. The molecule has 0 fully saturated rings. The Morgan fingerprint density at radius 2 is 2.33 bits per heavy atom. The van der Waals surface area contributed by atoms with Crippen LogP contribution in [0.3, 0.4) is 0 Å². The van der Waals surface area contributed by atoms with Crippen LogP contribution in [-0.4, -0.2) is 19.5 Å². The van der Waals surface area contributed by atoms with Crippen LogP contribution in [0.25, 0.3) is 11.2 Å². The van der Waals surface area contributed by atoms with Gasteiger partial charge in [0.15, 0.2) is 5.52 Å². The normalized spacial score (nSPS) is 11.4. The molecule has 0 saturated heterocycles. The first-order valence-corrected chi connectivity index (χ1v) is 4.79. The van der Waals surface area contributed by atoms with E-state index in [0.29, 0.717) is 23.6 Å². The lowest BCUT2D eigenvalue weighted by atomic mass is 10.2. The highest BCUT2D eigenvalue weighted by Gasteiger charge is 2.11. The number of fused-ring (bicyclic) bond motifs is 1. The van der Waals surface area contributed by atoms with E-state index in [2.05, 4.69) is 28.8 Å². The minimum Gasteiger partial charge on any atom is -0.369 e. The number of nitrogens with two attached hydrogens (primary N) is 1. The van der Waals surface area contributed by atoms with Crippen LogP contribution in [0, 0.1) is 5.92 Å². The van der Waals surface area contributed by atoms with Crippen molar-refractivity contribution in [3.05, 3.63) is 16.7 Å². The molecular formula is C9H13N5O. The number of nitrogens with one attached hydrogen (secondary N) is 1. The van der Waals surface area contributed by atoms with Gasteiger partial charge in [-0.15, -0.1) is 0 Å². The zero-order valence-electron chi connectivity index (χ0n) is 8.69. The molecule has 2 rings (SSSR count). The fourth-order valence-electron chi connectivity index (χ4n) is 1.53. The molecule has 15 heavy (non-hydrogen) atoms. The zero-order valence-corrected chi connectivity index (χ0v) is 8.69. The zero-order chi connectivity index (χ0) is 11.0. The van der Waals surface area contributed by atoms with Crippen LogP contribution < -0.4 is 11.3 Å². The minimum absolute atomic E-state index is 0.227. The van der Waals surface area contributed by atoms with Crippen molar-refractivity contribution in [3.63, 3.8) is 0 Å². The first-order chi connectivity index (χ1) is 7.09. The second-order valence-electron chi connectivity index (χ2n) is 3.88. The Kier molecular flexibility index (Phi) is 2.18. The van der Waals surface area contributed by atoms with Crippen LogP contribution in [0.4, 0.5) is 5.95 Å². The summed E-state index contributed by atoms with van der Waals surface area (Å²) >= 11 is 0. The highest BCUT2D eigenvalue weighted by atomic mass is 16.1. The lowest BCUT2D eigenvalue weighted by Gasteiger charge is -2.12. The van der Waals surface area contributed by atoms with Crippen molar-refractivity contribution in [2.45, 2.75) is 20.4 Å². The predicted molar refractivity (Wildman–Crippen MR) is 57.4 cm³/mol. The largest absolute Gasteiger partial charge is 0.369 e. The summed E-state index contributed by atoms with van der Waals surface area (Å²) in [5, 5.41) is 0. The number of imidazole rings is 1. The molecule has 0 aliphatic carbocycles. The molecule has 0 saturated carbocycles. The number of hydrogen-bond donors (Lipinski definition) is 2. The maximum absolute atomic E-state index is 11.4. The molecule has 3 N–H and O–H groups in total. The summed E-state index contributed by atoms with van der Waals surface area (Å²) in [5.41, 5.74) is 6.29. The molecule has 2 aromatic rings. The van der Waals surface area contributed by atoms with Crippen molar-refractivity contribution in [2.75, 3.05) is 5.73 Å². The first-order valence-electron chi connectivity index (χ1n) is 4.79. The van der Waals surface area contributed by atoms with Gasteiger partial charge in [-0.05, 0) is 5.92 Å². The van der Waals surface area contributed by atoms with Gasteiger partial charge >= 0.3 is 5.56 Å². The van der Waals surface area contributed by atoms with Gasteiger partial charge in [0, 0.05) is 6.54 Å². The molecule has 0 aliphatic rings. The molecule has 0 amide bonds. The monoisotopic (exact) mass is 207 g/mol. The molecule has 2 heterocycles. The van der Waals surface area contributed by atoms with Gasteiger partial charge in [-0.3, -0.25) is 9.36 Å². The second kappa shape index (κ2) is 3.38. The smallest absolute Gasteiger partial charge is 0.302 e. The van der Waals surface area contributed by atoms with Crippen molar-refractivity contribution in [1.82, 2.24) is 19.5 Å². The maximum Gasteiger partial charge on any atom is 0.302 e. The van der Waals surface area contributed by atoms with Gasteiger partial charge in [-0.1, -0.05) is 13.8 Å². The third kappa shape index (κ3) is 1.58. The Balaban J connectivity index is 2.71. The molecule has 0 unspecified atom stereocenters. The Labute approximate surface area is 86.2 Å². The Hall–Kier alpha value is -1.85. The minimum atomic E-state index is -0.385. The fourth-order valence-corrected chi connectivity index (χ4v) is 1.53. The fraction of sp³-hybridized carbons (Fsp3) is 0.444. The van der Waals surface area contributed by atoms with Gasteiger partial charge in [0.05, 0.1) is 6.33 Å². The van der Waals surface area contributed by atoms with Gasteiger partial charge in [0.1, 0.15) is 5.65 Å². The number of aromatic nitrogens is 4. The highest BCUT2D eigenvalue weighted by molar-refractivity contribution is 5.70. The van der Waals surface area contributed by atoms with E-state index in [4.69, 9.17) is 5.73 Å². The molecular weight excluding hydrogens is 194 g/mol. The van der Waals surface area contributed by atoms with Gasteiger partial charge in [-0.2, -0.15) is 4.98 Å². The van der Waals surface area contributed by atoms with E-state index >= 15 is 0 Å². The molecule has 0 atom stereocenters. The molecule has 2 aromatic heterocycles. The van der Waals surface area contributed by atoms with Crippen LogP contribution in [0.15, 0.2) is 11.1 Å². The molecule has 0 spiro atoms. The number of nitrogen functional groups attached to an aromatic ring is 1. The Bertz CT molecular complexity index is 539. The molecule has 0 aromatic carbocycles. The van der Waals surface area contributed by atoms with Crippen LogP contribution >= 0.6 is 0 Å². The van der Waals surface area contributed by atoms with Gasteiger partial charge in [-0.25, -0.2) is 4.98 Å². The van der Waals surface area contributed by atoms with E-state index in [-0.39, 0.29) is 11.5 Å². The standard InChI is InChI=1S/C9H13N5O/c1-5(2)3-14-7-6(11-4-12-7)8(15)13-9(14)10/h4-5H,3H2,1-2H3,(H,11,12)(H2,10,13,15). The number of rotatable bonds is 2. The molecule has 0 aliphatic heterocycles. The Morgan fingerprint density at radius 3 is 3.00 bits per heavy atom. The second-order valence-corrected chi connectivity index (χ2v) is 3.88. The third-order valence-electron chi connectivity index (χ3n) is 2.13. The topological polar surface area (TPSA) is 89.6 Å². The first kappa shape index (κ1) is 9.70. The number of anilines is 1. The average molecular weight is 207 g/mol. The number of aromatic amines is 1. The molecule has 6 nitrogen and oxygen atoms in total. The van der Waals surface area contributed by atoms with Crippen molar-refractivity contribution in [3.8, 4) is 0 Å². The van der Waals surface area contributed by atoms with E-state index in [0.717, 1.165) is 0 Å². The van der Waals surface area contributed by atoms with Crippen LogP contribution in [0.1, 0.15) is 13.8 Å². The molecule has 0 radical (unpaired) electrons. The maximum atomic E-state index is 11.4. The van der Waals surface area contributed by atoms with Crippen LogP contribution in [0.2, 0.25) is 0 Å². The summed E-state index contributed by atoms with van der Waals surface area (Å²) in [5.74, 6) is 0.647. The van der Waals surface area contributed by atoms with E-state index in [1.165, 1.54) is 6.33 Å². The van der Waals surface area contributed by atoms with Gasteiger partial charge in [0.2, 0.25) is 5.95 Å². The van der Waals surface area contributed by atoms with E-state index < -0.39 is 0 Å². The van der Waals surface area contributed by atoms with E-state index in [1.54, 1.807) is 4.57 Å². The lowest BCUT2D eigenvalue weighted by Crippen LogP contribution is -2.19. The van der Waals surface area contributed by atoms with Crippen molar-refractivity contribution in [1.29, 1.82) is 0 Å². The van der Waals surface area contributed by atoms with Crippen molar-refractivity contribution in [2.24, 2.45) is 5.92 Å². The summed E-state index contributed by atoms with van der Waals surface area (Å²) in [4.78, 5) is 22.0. The van der Waals surface area contributed by atoms with Crippen molar-refractivity contribution >= 4 is 17.1 Å². The average Bonchev–Trinajstić information content (AvgIpc) is 2.60. The number of hydrogen-bond acceptors (Lipinski definition) is 4. The van der Waals surface area contributed by atoms with Crippen molar-refractivity contribution < 1.29 is 0 Å². The predicted octanol–water partition coefficient (Wildman–Crippen LogP) is 0.358. The molecule has 80 valence electrons. The summed E-state index contributed by atoms with van der Waals surface area (Å²) in [7, 11) is 0. The lowest BCUT2D eigenvalue weighted by molar-refractivity contribution is 0.531. The summed E-state index contributed by atoms with van der Waals surface area (Å²) < 4.78 is 1.77. The van der Waals surface area contributed by atoms with E-state index in [1.807, 2.05) is 0 Å². The Morgan fingerprint density at radius 1 is 1.60 bits per heavy atom. The van der Waals surface area contributed by atoms with Crippen LogP contribution in [0.5, 0.6) is 0 Å². The molecule has 6 heteroatoms. The quantitative estimate of drug-likeness (QED) is 0.743.